The van der Waals surface area contributed by atoms with Gasteiger partial charge in [-0.2, -0.15) is 0 Å². The topological polar surface area (TPSA) is 29.9 Å². The van der Waals surface area contributed by atoms with Gasteiger partial charge in [0, 0.05) is 39.0 Å². The monoisotopic (exact) mass is 255 g/mol. The maximum atomic E-state index is 4.32. The van der Waals surface area contributed by atoms with Crippen molar-refractivity contribution in [2.24, 2.45) is 7.05 Å². The van der Waals surface area contributed by atoms with Crippen LogP contribution in [0.5, 0.6) is 0 Å². The van der Waals surface area contributed by atoms with Gasteiger partial charge in [-0.3, -0.25) is 0 Å². The summed E-state index contributed by atoms with van der Waals surface area (Å²) in [5.74, 6) is 1.99. The Labute approximate surface area is 114 Å². The molecule has 1 saturated carbocycles. The molecule has 1 aliphatic rings. The molecule has 1 heterocycles. The van der Waals surface area contributed by atoms with Crippen molar-refractivity contribution >= 4 is 0 Å². The van der Waals surface area contributed by atoms with Crippen molar-refractivity contribution in [2.45, 2.75) is 31.7 Å². The van der Waals surface area contributed by atoms with Gasteiger partial charge in [-0.15, -0.1) is 0 Å². The highest BCUT2D eigenvalue weighted by Crippen LogP contribution is 2.39. The van der Waals surface area contributed by atoms with E-state index in [-0.39, 0.29) is 0 Å². The molecule has 3 nitrogen and oxygen atoms in total. The fourth-order valence-corrected chi connectivity index (χ4v) is 2.39. The Hall–Kier alpha value is -1.61. The molecule has 2 aromatic rings. The maximum Gasteiger partial charge on any atom is 0.109 e. The highest BCUT2D eigenvalue weighted by Gasteiger charge is 2.22. The van der Waals surface area contributed by atoms with Gasteiger partial charge in [0.15, 0.2) is 0 Å². The molecule has 0 spiro atoms. The van der Waals surface area contributed by atoms with E-state index in [1.54, 1.807) is 0 Å². The lowest BCUT2D eigenvalue weighted by atomic mass is 10.1. The van der Waals surface area contributed by atoms with E-state index in [1.165, 1.54) is 24.0 Å². The molecule has 3 heteroatoms. The molecule has 0 amide bonds. The van der Waals surface area contributed by atoms with Gasteiger partial charge in [0.1, 0.15) is 5.82 Å². The van der Waals surface area contributed by atoms with Crippen molar-refractivity contribution in [2.75, 3.05) is 6.54 Å². The predicted octanol–water partition coefficient (Wildman–Crippen LogP) is 2.63. The Morgan fingerprint density at radius 3 is 2.68 bits per heavy atom. The van der Waals surface area contributed by atoms with Gasteiger partial charge in [0.05, 0.1) is 0 Å². The zero-order valence-electron chi connectivity index (χ0n) is 11.5. The third kappa shape index (κ3) is 3.24. The van der Waals surface area contributed by atoms with Crippen molar-refractivity contribution in [3.05, 3.63) is 53.6 Å². The van der Waals surface area contributed by atoms with Crippen molar-refractivity contribution in [3.8, 4) is 0 Å². The molecule has 0 aliphatic heterocycles. The van der Waals surface area contributed by atoms with Gasteiger partial charge >= 0.3 is 0 Å². The predicted molar refractivity (Wildman–Crippen MR) is 77.0 cm³/mol. The number of benzene rings is 1. The van der Waals surface area contributed by atoms with Crippen LogP contribution in [0.25, 0.3) is 0 Å². The van der Waals surface area contributed by atoms with Gasteiger partial charge < -0.3 is 9.88 Å². The summed E-state index contributed by atoms with van der Waals surface area (Å²) in [6.45, 7) is 1.91. The molecule has 0 bridgehead atoms. The second kappa shape index (κ2) is 5.57. The van der Waals surface area contributed by atoms with E-state index < -0.39 is 0 Å². The van der Waals surface area contributed by atoms with Crippen LogP contribution in [0.15, 0.2) is 36.7 Å². The Bertz CT molecular complexity index is 523. The molecule has 100 valence electrons. The normalized spacial score (nSPS) is 14.8. The minimum atomic E-state index is 0.852. The fourth-order valence-electron chi connectivity index (χ4n) is 2.39. The third-order valence-corrected chi connectivity index (χ3v) is 3.80. The Morgan fingerprint density at radius 1 is 1.26 bits per heavy atom. The van der Waals surface area contributed by atoms with Crippen LogP contribution < -0.4 is 5.32 Å². The summed E-state index contributed by atoms with van der Waals surface area (Å²) < 4.78 is 2.08. The van der Waals surface area contributed by atoms with Crippen LogP contribution in [0.1, 0.15) is 35.7 Å². The molecule has 3 rings (SSSR count). The highest BCUT2D eigenvalue weighted by molar-refractivity contribution is 5.27. The van der Waals surface area contributed by atoms with E-state index in [1.807, 2.05) is 19.4 Å². The number of nitrogens with zero attached hydrogens (tertiary/aromatic N) is 2. The van der Waals surface area contributed by atoms with Crippen LogP contribution >= 0.6 is 0 Å². The summed E-state index contributed by atoms with van der Waals surface area (Å²) in [5, 5.41) is 3.48. The fraction of sp³-hybridized carbons (Fsp3) is 0.438. The number of imidazole rings is 1. The summed E-state index contributed by atoms with van der Waals surface area (Å²) >= 11 is 0. The van der Waals surface area contributed by atoms with Crippen LogP contribution in [-0.2, 0) is 20.0 Å². The highest BCUT2D eigenvalue weighted by atomic mass is 15.0. The van der Waals surface area contributed by atoms with Crippen LogP contribution in [0.2, 0.25) is 0 Å². The summed E-state index contributed by atoms with van der Waals surface area (Å²) in [6, 6.07) is 9.07. The van der Waals surface area contributed by atoms with E-state index in [9.17, 15) is 0 Å². The van der Waals surface area contributed by atoms with Crippen LogP contribution in [0.3, 0.4) is 0 Å². The first-order valence-corrected chi connectivity index (χ1v) is 7.08. The second-order valence-electron chi connectivity index (χ2n) is 5.40. The average molecular weight is 255 g/mol. The first-order valence-electron chi connectivity index (χ1n) is 7.08. The molecule has 1 aromatic heterocycles. The molecule has 0 saturated heterocycles. The first-order chi connectivity index (χ1) is 9.33. The Morgan fingerprint density at radius 2 is 2.05 bits per heavy atom. The van der Waals surface area contributed by atoms with Gasteiger partial charge in [-0.05, 0) is 29.9 Å². The molecule has 19 heavy (non-hydrogen) atoms. The van der Waals surface area contributed by atoms with E-state index >= 15 is 0 Å². The van der Waals surface area contributed by atoms with E-state index in [2.05, 4.69) is 39.1 Å². The number of hydrogen-bond acceptors (Lipinski definition) is 2. The molecular formula is C16H21N3. The molecule has 0 radical (unpaired) electrons. The minimum absolute atomic E-state index is 0.852. The van der Waals surface area contributed by atoms with Crippen molar-refractivity contribution in [1.29, 1.82) is 0 Å². The van der Waals surface area contributed by atoms with Crippen molar-refractivity contribution < 1.29 is 0 Å². The number of aromatic nitrogens is 2. The van der Waals surface area contributed by atoms with Gasteiger partial charge in [0.2, 0.25) is 0 Å². The van der Waals surface area contributed by atoms with Gasteiger partial charge in [-0.1, -0.05) is 24.3 Å². The second-order valence-corrected chi connectivity index (χ2v) is 5.40. The standard InChI is InChI=1S/C16H21N3/c1-19-11-10-18-16(19)8-9-17-12-13-2-4-14(5-3-13)15-6-7-15/h2-5,10-11,15,17H,6-9,12H2,1H3. The number of nitrogens with one attached hydrogen (secondary N) is 1. The molecule has 0 atom stereocenters. The van der Waals surface area contributed by atoms with Crippen molar-refractivity contribution in [3.63, 3.8) is 0 Å². The third-order valence-electron chi connectivity index (χ3n) is 3.80. The maximum absolute atomic E-state index is 4.32. The van der Waals surface area contributed by atoms with Crippen LogP contribution in [0.4, 0.5) is 0 Å². The van der Waals surface area contributed by atoms with Crippen LogP contribution in [-0.4, -0.2) is 16.1 Å². The smallest absolute Gasteiger partial charge is 0.109 e. The zero-order chi connectivity index (χ0) is 13.1. The molecule has 1 N–H and O–H groups in total. The van der Waals surface area contributed by atoms with E-state index in [4.69, 9.17) is 0 Å². The van der Waals surface area contributed by atoms with E-state index in [0.717, 1.165) is 31.3 Å². The number of hydrogen-bond donors (Lipinski definition) is 1. The molecule has 1 aromatic carbocycles. The lowest BCUT2D eigenvalue weighted by Crippen LogP contribution is -2.18. The summed E-state index contributed by atoms with van der Waals surface area (Å²) in [5.41, 5.74) is 2.88. The Balaban J connectivity index is 1.43. The lowest BCUT2D eigenvalue weighted by molar-refractivity contribution is 0.655. The zero-order valence-corrected chi connectivity index (χ0v) is 11.5. The van der Waals surface area contributed by atoms with Crippen molar-refractivity contribution in [1.82, 2.24) is 14.9 Å². The first kappa shape index (κ1) is 12.4. The van der Waals surface area contributed by atoms with Gasteiger partial charge in [-0.25, -0.2) is 4.98 Å². The van der Waals surface area contributed by atoms with E-state index in [0.29, 0.717) is 0 Å². The molecule has 1 fully saturated rings. The lowest BCUT2D eigenvalue weighted by Gasteiger charge is -2.06. The largest absolute Gasteiger partial charge is 0.338 e. The summed E-state index contributed by atoms with van der Waals surface area (Å²) in [6.07, 6.45) is 7.57. The number of aryl methyl sites for hydroxylation is 1. The Kier molecular flexibility index (Phi) is 3.65. The average Bonchev–Trinajstić information content (AvgIpc) is 3.20. The molecule has 0 unspecified atom stereocenters. The number of rotatable bonds is 6. The van der Waals surface area contributed by atoms with Crippen LogP contribution in [0, 0.1) is 0 Å². The minimum Gasteiger partial charge on any atom is -0.338 e. The quantitative estimate of drug-likeness (QED) is 0.804. The summed E-state index contributed by atoms with van der Waals surface area (Å²) in [4.78, 5) is 4.32. The molecule has 1 aliphatic carbocycles. The SMILES string of the molecule is Cn1ccnc1CCNCc1ccc(C2CC2)cc1. The molecular weight excluding hydrogens is 234 g/mol. The summed E-state index contributed by atoms with van der Waals surface area (Å²) in [7, 11) is 2.04. The van der Waals surface area contributed by atoms with Gasteiger partial charge in [0.25, 0.3) is 0 Å².